The molecule has 186 valence electrons. The maximum Gasteiger partial charge on any atom is 0.251 e. The minimum atomic E-state index is -3.49. The molecule has 7 heteroatoms. The second kappa shape index (κ2) is 11.9. The Morgan fingerprint density at radius 1 is 0.943 bits per heavy atom. The van der Waals surface area contributed by atoms with Gasteiger partial charge < -0.3 is 10.1 Å². The number of benzene rings is 3. The Balaban J connectivity index is 1.56. The first-order chi connectivity index (χ1) is 16.7. The molecule has 0 saturated carbocycles. The molecule has 3 rings (SSSR count). The van der Waals surface area contributed by atoms with Crippen molar-refractivity contribution < 1.29 is 17.9 Å². The van der Waals surface area contributed by atoms with Crippen LogP contribution in [-0.4, -0.2) is 33.7 Å². The maximum absolute atomic E-state index is 12.5. The first-order valence-corrected chi connectivity index (χ1v) is 13.7. The maximum atomic E-state index is 12.5. The second-order valence-corrected chi connectivity index (χ2v) is 10.7. The van der Waals surface area contributed by atoms with Gasteiger partial charge in [0.05, 0.1) is 25.0 Å². The molecule has 0 aliphatic heterocycles. The largest absolute Gasteiger partial charge is 0.492 e. The molecule has 0 radical (unpaired) electrons. The molecule has 1 N–H and O–H groups in total. The van der Waals surface area contributed by atoms with Crippen LogP contribution < -0.4 is 14.4 Å². The molecule has 0 bridgehead atoms. The Morgan fingerprint density at radius 3 is 2.23 bits per heavy atom. The van der Waals surface area contributed by atoms with Gasteiger partial charge in [0.1, 0.15) is 12.4 Å². The Bertz CT molecular complexity index is 1240. The molecular formula is C28H34N2O4S. The fraction of sp³-hybridized carbons (Fsp3) is 0.321. The lowest BCUT2D eigenvalue weighted by molar-refractivity contribution is 0.0947. The summed E-state index contributed by atoms with van der Waals surface area (Å²) < 4.78 is 32.1. The number of rotatable bonds is 11. The lowest BCUT2D eigenvalue weighted by Crippen LogP contribution is -2.30. The number of carbonyl (C=O) groups excluding carboxylic acids is 1. The van der Waals surface area contributed by atoms with Crippen LogP contribution in [0.2, 0.25) is 0 Å². The number of nitrogens with zero attached hydrogens (tertiary/aromatic N) is 1. The molecule has 1 amide bonds. The monoisotopic (exact) mass is 494 g/mol. The zero-order valence-corrected chi connectivity index (χ0v) is 21.7. The Labute approximate surface area is 209 Å². The summed E-state index contributed by atoms with van der Waals surface area (Å²) in [4.78, 5) is 12.5. The fourth-order valence-corrected chi connectivity index (χ4v) is 4.71. The Morgan fingerprint density at radius 2 is 1.60 bits per heavy atom. The summed E-state index contributed by atoms with van der Waals surface area (Å²) in [6.07, 6.45) is 3.36. The normalized spacial score (nSPS) is 11.2. The Hall–Kier alpha value is -3.32. The minimum Gasteiger partial charge on any atom is -0.492 e. The highest BCUT2D eigenvalue weighted by Gasteiger charge is 2.20. The molecule has 0 saturated heterocycles. The molecule has 0 heterocycles. The topological polar surface area (TPSA) is 75.7 Å². The Kier molecular flexibility index (Phi) is 8.93. The van der Waals surface area contributed by atoms with E-state index in [2.05, 4.69) is 24.4 Å². The number of amides is 1. The first kappa shape index (κ1) is 26.3. The van der Waals surface area contributed by atoms with E-state index in [1.54, 1.807) is 24.3 Å². The highest BCUT2D eigenvalue weighted by molar-refractivity contribution is 7.92. The predicted octanol–water partition coefficient (Wildman–Crippen LogP) is 5.03. The van der Waals surface area contributed by atoms with E-state index in [1.807, 2.05) is 44.2 Å². The number of nitrogens with one attached hydrogen (secondary N) is 1. The number of anilines is 1. The van der Waals surface area contributed by atoms with Gasteiger partial charge in [-0.15, -0.1) is 0 Å². The standard InChI is InChI=1S/C28H34N2O4S/c1-5-6-23-11-15-26(16-12-23)34-18-17-29-28(31)25-13-9-24(10-14-25)20-30(35(4,32)33)27-19-21(2)7-8-22(27)3/h7-16,19H,5-6,17-18,20H2,1-4H3,(H,29,31). The molecule has 0 aliphatic rings. The van der Waals surface area contributed by atoms with Gasteiger partial charge in [-0.1, -0.05) is 49.7 Å². The van der Waals surface area contributed by atoms with Crippen molar-refractivity contribution in [3.63, 3.8) is 0 Å². The average molecular weight is 495 g/mol. The van der Waals surface area contributed by atoms with E-state index >= 15 is 0 Å². The van der Waals surface area contributed by atoms with Crippen molar-refractivity contribution in [1.29, 1.82) is 0 Å². The average Bonchev–Trinajstić information content (AvgIpc) is 2.83. The highest BCUT2D eigenvalue weighted by Crippen LogP contribution is 2.26. The van der Waals surface area contributed by atoms with Crippen molar-refractivity contribution in [3.8, 4) is 5.75 Å². The minimum absolute atomic E-state index is 0.190. The summed E-state index contributed by atoms with van der Waals surface area (Å²) in [6.45, 7) is 6.92. The molecule has 0 spiro atoms. The highest BCUT2D eigenvalue weighted by atomic mass is 32.2. The molecule has 0 unspecified atom stereocenters. The van der Waals surface area contributed by atoms with E-state index in [1.165, 1.54) is 16.1 Å². The molecule has 3 aromatic carbocycles. The van der Waals surface area contributed by atoms with Crippen LogP contribution in [0.5, 0.6) is 5.75 Å². The third-order valence-electron chi connectivity index (χ3n) is 5.69. The molecular weight excluding hydrogens is 460 g/mol. The van der Waals surface area contributed by atoms with Gasteiger partial charge in [-0.25, -0.2) is 8.42 Å². The van der Waals surface area contributed by atoms with Gasteiger partial charge >= 0.3 is 0 Å². The van der Waals surface area contributed by atoms with Crippen LogP contribution in [0, 0.1) is 13.8 Å². The van der Waals surface area contributed by atoms with Crippen LogP contribution >= 0.6 is 0 Å². The molecule has 0 aliphatic carbocycles. The van der Waals surface area contributed by atoms with Gasteiger partial charge in [0, 0.05) is 5.56 Å². The molecule has 35 heavy (non-hydrogen) atoms. The molecule has 0 atom stereocenters. The van der Waals surface area contributed by atoms with Gasteiger partial charge in [0.2, 0.25) is 10.0 Å². The van der Waals surface area contributed by atoms with Gasteiger partial charge in [-0.2, -0.15) is 0 Å². The van der Waals surface area contributed by atoms with Crippen LogP contribution in [0.4, 0.5) is 5.69 Å². The summed E-state index contributed by atoms with van der Waals surface area (Å²) in [7, 11) is -3.49. The second-order valence-electron chi connectivity index (χ2n) is 8.75. The number of ether oxygens (including phenoxy) is 1. The van der Waals surface area contributed by atoms with Crippen LogP contribution in [0.1, 0.15) is 46.0 Å². The summed E-state index contributed by atoms with van der Waals surface area (Å²) in [6, 6.07) is 20.8. The van der Waals surface area contributed by atoms with Crippen molar-refractivity contribution in [1.82, 2.24) is 5.32 Å². The number of hydrogen-bond donors (Lipinski definition) is 1. The lowest BCUT2D eigenvalue weighted by Gasteiger charge is -2.25. The predicted molar refractivity (Wildman–Crippen MR) is 142 cm³/mol. The van der Waals surface area contributed by atoms with Gasteiger partial charge in [0.15, 0.2) is 0 Å². The number of carbonyl (C=O) groups is 1. The fourth-order valence-electron chi connectivity index (χ4n) is 3.77. The van der Waals surface area contributed by atoms with Crippen molar-refractivity contribution in [2.45, 2.75) is 40.2 Å². The van der Waals surface area contributed by atoms with Gasteiger partial charge in [-0.05, 0) is 72.9 Å². The van der Waals surface area contributed by atoms with Crippen molar-refractivity contribution >= 4 is 21.6 Å². The number of aryl methyl sites for hydroxylation is 3. The number of hydrogen-bond acceptors (Lipinski definition) is 4. The summed E-state index contributed by atoms with van der Waals surface area (Å²) in [5.41, 5.74) is 5.12. The van der Waals surface area contributed by atoms with Crippen LogP contribution in [0.3, 0.4) is 0 Å². The SMILES string of the molecule is CCCc1ccc(OCCNC(=O)c2ccc(CN(c3cc(C)ccc3C)S(C)(=O)=O)cc2)cc1. The van der Waals surface area contributed by atoms with E-state index in [0.29, 0.717) is 24.4 Å². The van der Waals surface area contributed by atoms with E-state index in [4.69, 9.17) is 4.74 Å². The zero-order chi connectivity index (χ0) is 25.4. The van der Waals surface area contributed by atoms with E-state index in [9.17, 15) is 13.2 Å². The van der Waals surface area contributed by atoms with Crippen LogP contribution in [0.15, 0.2) is 66.7 Å². The zero-order valence-electron chi connectivity index (χ0n) is 20.9. The molecule has 0 fully saturated rings. The van der Waals surface area contributed by atoms with E-state index in [0.717, 1.165) is 35.3 Å². The van der Waals surface area contributed by atoms with E-state index < -0.39 is 10.0 Å². The van der Waals surface area contributed by atoms with Gasteiger partial charge in [0.25, 0.3) is 5.91 Å². The first-order valence-electron chi connectivity index (χ1n) is 11.8. The summed E-state index contributed by atoms with van der Waals surface area (Å²) in [5, 5.41) is 2.85. The third kappa shape index (κ3) is 7.59. The van der Waals surface area contributed by atoms with Crippen LogP contribution in [-0.2, 0) is 23.0 Å². The molecule has 0 aromatic heterocycles. The molecule has 3 aromatic rings. The van der Waals surface area contributed by atoms with Crippen molar-refractivity contribution in [3.05, 3.63) is 94.5 Å². The summed E-state index contributed by atoms with van der Waals surface area (Å²) >= 11 is 0. The quantitative estimate of drug-likeness (QED) is 0.379. The van der Waals surface area contributed by atoms with Crippen molar-refractivity contribution in [2.75, 3.05) is 23.7 Å². The van der Waals surface area contributed by atoms with E-state index in [-0.39, 0.29) is 12.5 Å². The van der Waals surface area contributed by atoms with Crippen LogP contribution in [0.25, 0.3) is 0 Å². The van der Waals surface area contributed by atoms with Gasteiger partial charge in [-0.3, -0.25) is 9.10 Å². The third-order valence-corrected chi connectivity index (χ3v) is 6.82. The summed E-state index contributed by atoms with van der Waals surface area (Å²) in [5.74, 6) is 0.579. The smallest absolute Gasteiger partial charge is 0.251 e. The lowest BCUT2D eigenvalue weighted by atomic mass is 10.1. The number of sulfonamides is 1. The van der Waals surface area contributed by atoms with Crippen molar-refractivity contribution in [2.24, 2.45) is 0 Å². The molecule has 6 nitrogen and oxygen atoms in total.